The number of hydrogen-bond donors (Lipinski definition) is 11. The van der Waals surface area contributed by atoms with Crippen molar-refractivity contribution >= 4 is 87.9 Å². The molecule has 11 N–H and O–H groups in total. The largest absolute Gasteiger partial charge is 0.433 e. The molecule has 0 amide bonds. The van der Waals surface area contributed by atoms with E-state index in [1.54, 1.807) is 36.5 Å². The molecule has 0 aromatic carbocycles. The Morgan fingerprint density at radius 1 is 0.309 bits per heavy atom. The zero-order valence-electron chi connectivity index (χ0n) is 80.1. The average molecular weight is 2080 g/mol. The van der Waals surface area contributed by atoms with E-state index < -0.39 is 95.9 Å². The van der Waals surface area contributed by atoms with E-state index in [4.69, 9.17) is 6.57 Å². The maximum Gasteiger partial charge on any atom is 0.433 e. The first-order valence-electron chi connectivity index (χ1n) is 44.7. The van der Waals surface area contributed by atoms with Gasteiger partial charge in [0.15, 0.2) is 29.1 Å². The van der Waals surface area contributed by atoms with Crippen molar-refractivity contribution in [1.82, 2.24) is 125 Å². The highest BCUT2D eigenvalue weighted by Gasteiger charge is 2.44. The van der Waals surface area contributed by atoms with Gasteiger partial charge in [-0.2, -0.15) is 123 Å². The van der Waals surface area contributed by atoms with Crippen LogP contribution in [-0.2, 0) is 43.3 Å². The first-order valence-corrected chi connectivity index (χ1v) is 44.7. The fourth-order valence-corrected chi connectivity index (χ4v) is 12.4. The Balaban J connectivity index is 0.000000165. The number of aliphatic hydroxyl groups is 1. The molecule has 0 bridgehead atoms. The van der Waals surface area contributed by atoms with Gasteiger partial charge in [0, 0.05) is 96.6 Å². The number of pyridine rings is 10. The molecule has 778 valence electrons. The Hall–Kier alpha value is -17.3. The maximum atomic E-state index is 13.7. The third-order valence-corrected chi connectivity index (χ3v) is 19.0. The number of halogens is 18. The molecule has 0 atom stereocenters. The molecule has 0 unspecified atom stereocenters. The predicted molar refractivity (Wildman–Crippen MR) is 514 cm³/mol. The summed E-state index contributed by atoms with van der Waals surface area (Å²) in [7, 11) is 0. The molecule has 1 saturated carbocycles. The number of aromatic nitrogens is 25. The molecular weight excluding hydrogens is 1990 g/mol. The molecule has 55 heteroatoms. The molecule has 15 aromatic heterocycles. The molecule has 0 radical (unpaired) electrons. The Bertz CT molecular complexity index is 7100. The van der Waals surface area contributed by atoms with E-state index in [2.05, 4.69) is 183 Å². The lowest BCUT2D eigenvalue weighted by atomic mass is 10.2. The topological polar surface area (TPSA) is 467 Å². The van der Waals surface area contributed by atoms with E-state index in [0.717, 1.165) is 25.1 Å². The van der Waals surface area contributed by atoms with E-state index in [9.17, 15) is 84.1 Å². The SMILES string of the molecule is CC(C)Nc1nc(Nc2ccnc(C(F)F)c2)nc(-c2cccc(C(C)(F)F)n2)n1.CC(C)Nc1nc(Nc2ccnc(C(F)F)c2)nc(-c2cccc(C(F)F)n2)n1.CC(C)Nc1nc(Nc2ccnc(C3(O)CC3)c2)nc(-c2cccc(C(F)(F)F)n2)n1.CC(C)Nc1nc(Nc2ccnc(CF)c2)nc(-c2cccc(C(F)(F)F)n2)n1.[C-]#[N+]Cc1cc(Nc2nc(NC(C)C)nc(-c3cccc(C(F)(F)F)n3)n2)ccn1. The maximum absolute atomic E-state index is 13.7. The molecule has 0 aliphatic heterocycles. The highest BCUT2D eigenvalue weighted by molar-refractivity contribution is 5.66. The van der Waals surface area contributed by atoms with Crippen LogP contribution < -0.4 is 53.2 Å². The quantitative estimate of drug-likeness (QED) is 0.0138. The highest BCUT2D eigenvalue weighted by Crippen LogP contribution is 2.45. The minimum Gasteiger partial charge on any atom is -0.384 e. The lowest BCUT2D eigenvalue weighted by Crippen LogP contribution is -2.15. The molecule has 0 saturated heterocycles. The van der Waals surface area contributed by atoms with Gasteiger partial charge < -0.3 is 63.1 Å². The third kappa shape index (κ3) is 33.4. The van der Waals surface area contributed by atoms with Gasteiger partial charge in [-0.3, -0.25) is 24.9 Å². The van der Waals surface area contributed by atoms with Crippen LogP contribution in [0.15, 0.2) is 183 Å². The summed E-state index contributed by atoms with van der Waals surface area (Å²) in [5, 5.41) is 39.8. The van der Waals surface area contributed by atoms with Crippen LogP contribution in [0.4, 0.5) is 167 Å². The van der Waals surface area contributed by atoms with Crippen molar-refractivity contribution in [3.63, 3.8) is 0 Å². The van der Waals surface area contributed by atoms with Crippen LogP contribution in [0, 0.1) is 6.57 Å². The third-order valence-electron chi connectivity index (χ3n) is 19.0. The summed E-state index contributed by atoms with van der Waals surface area (Å²) in [5.41, 5.74) is -2.05. The summed E-state index contributed by atoms with van der Waals surface area (Å²) in [6.45, 7) is 25.7. The molecule has 1 aliphatic carbocycles. The predicted octanol–water partition coefficient (Wildman–Crippen LogP) is 22.3. The zero-order chi connectivity index (χ0) is 108. The number of hydrogen-bond acceptors (Lipinski definition) is 36. The fourth-order valence-electron chi connectivity index (χ4n) is 12.4. The van der Waals surface area contributed by atoms with Crippen molar-refractivity contribution in [2.45, 2.75) is 182 Å². The molecule has 16 rings (SSSR count). The summed E-state index contributed by atoms with van der Waals surface area (Å²) < 4.78 is 235. The Kier molecular flexibility index (Phi) is 36.4. The monoisotopic (exact) mass is 2080 g/mol. The summed E-state index contributed by atoms with van der Waals surface area (Å²) in [6.07, 6.45) is -13.7. The summed E-state index contributed by atoms with van der Waals surface area (Å²) >= 11 is 0. The standard InChI is InChI=1S/C20H20F3N7O.C19H19F4N7.C19H17F3N8.2C18H17F4N7/c1-11(2)25-17-28-16(13-4-3-5-14(27-13)20(21,22)23)29-18(30-17)26-12-6-9-24-15(10-12)19(31)7-8-19;1-10(2)25-17-28-16(12-5-4-6-14(27-12)19(3,22)23)29-18(30-17)26-11-7-8-24-13(9-11)15(20)21;1-11(2)25-17-28-16(14-5-4-6-15(27-14)19(20,21)22)29-18(30-17)26-12-7-8-24-13(9-12)10-23-3;1-10(2)24-16-27-15(13-4-3-5-14(26-13)18(20,21)22)28-17(29-16)25-11-6-7-23-12(8-11)9-19;1-9(2)24-17-27-16(12-5-3-4-11(26-12)14(19)20)28-18(29-17)25-10-6-7-23-13(8-10)15(21)22/h3-6,9-11,31H,7-8H2,1-2H3,(H2,24,25,26,28,29,30);4-10,15H,1-3H3,(H2,24,25,26,28,29,30);4-9,11H,10H2,1-2H3,(H2,24,25,26,28,29,30);3-8,10H,9H2,1-2H3,(H2,23,24,25,27,28,29);3-9,14-15H,1-2H3,(H2,23,24,25,27,28,29). The summed E-state index contributed by atoms with van der Waals surface area (Å²) in [5.74, 6) is -1.85. The fraction of sp³-hybridized carbons (Fsp3) is 0.298. The molecule has 15 aromatic rings. The van der Waals surface area contributed by atoms with Crippen molar-refractivity contribution in [3.05, 3.63) is 251 Å². The van der Waals surface area contributed by atoms with Gasteiger partial charge in [-0.1, -0.05) is 30.3 Å². The van der Waals surface area contributed by atoms with Gasteiger partial charge in [0.1, 0.15) is 86.3 Å². The number of anilines is 15. The van der Waals surface area contributed by atoms with Gasteiger partial charge in [0.05, 0.1) is 11.4 Å². The van der Waals surface area contributed by atoms with Crippen LogP contribution in [-0.4, -0.2) is 160 Å². The Morgan fingerprint density at radius 2 is 0.570 bits per heavy atom. The molecule has 0 spiro atoms. The molecular formula is C94H90F18N36O. The molecule has 1 aliphatic rings. The zero-order valence-corrected chi connectivity index (χ0v) is 80.1. The number of rotatable bonds is 32. The lowest BCUT2D eigenvalue weighted by Gasteiger charge is -2.13. The molecule has 149 heavy (non-hydrogen) atoms. The van der Waals surface area contributed by atoms with Crippen molar-refractivity contribution in [3.8, 4) is 57.6 Å². The van der Waals surface area contributed by atoms with Gasteiger partial charge in [-0.15, -0.1) is 0 Å². The highest BCUT2D eigenvalue weighted by atomic mass is 19.4. The first-order chi connectivity index (χ1) is 70.5. The Morgan fingerprint density at radius 3 is 0.859 bits per heavy atom. The van der Waals surface area contributed by atoms with Gasteiger partial charge in [-0.05, 0) is 203 Å². The van der Waals surface area contributed by atoms with Crippen molar-refractivity contribution in [2.75, 3.05) is 53.2 Å². The Labute approximate surface area is 836 Å². The van der Waals surface area contributed by atoms with Crippen LogP contribution in [0.25, 0.3) is 62.4 Å². The molecule has 1 fully saturated rings. The van der Waals surface area contributed by atoms with Crippen LogP contribution in [0.1, 0.15) is 165 Å². The van der Waals surface area contributed by atoms with Crippen LogP contribution in [0.3, 0.4) is 0 Å². The second-order valence-electron chi connectivity index (χ2n) is 33.4. The molecule has 15 heterocycles. The second-order valence-corrected chi connectivity index (χ2v) is 33.4. The van der Waals surface area contributed by atoms with E-state index in [1.807, 2.05) is 69.2 Å². The van der Waals surface area contributed by atoms with Crippen molar-refractivity contribution < 1.29 is 84.1 Å². The van der Waals surface area contributed by atoms with Gasteiger partial charge in [0.25, 0.3) is 31.7 Å². The van der Waals surface area contributed by atoms with Crippen molar-refractivity contribution in [1.29, 1.82) is 0 Å². The van der Waals surface area contributed by atoms with E-state index >= 15 is 0 Å². The summed E-state index contributed by atoms with van der Waals surface area (Å²) in [6, 6.07) is 33.7. The molecule has 37 nitrogen and oxygen atoms in total. The number of alkyl halides is 18. The minimum absolute atomic E-state index is 0.0122. The van der Waals surface area contributed by atoms with Gasteiger partial charge in [0.2, 0.25) is 59.5 Å². The normalized spacial score (nSPS) is 12.2. The van der Waals surface area contributed by atoms with Gasteiger partial charge >= 0.3 is 18.5 Å². The second kappa shape index (κ2) is 49.1. The van der Waals surface area contributed by atoms with Crippen molar-refractivity contribution in [2.24, 2.45) is 0 Å². The van der Waals surface area contributed by atoms with E-state index in [0.29, 0.717) is 41.3 Å². The smallest absolute Gasteiger partial charge is 0.384 e. The van der Waals surface area contributed by atoms with Crippen LogP contribution >= 0.6 is 0 Å². The van der Waals surface area contributed by atoms with E-state index in [-0.39, 0.29) is 171 Å². The van der Waals surface area contributed by atoms with Crippen LogP contribution in [0.2, 0.25) is 0 Å². The summed E-state index contributed by atoms with van der Waals surface area (Å²) in [4.78, 5) is 105. The van der Waals surface area contributed by atoms with E-state index in [1.165, 1.54) is 128 Å². The van der Waals surface area contributed by atoms with Crippen LogP contribution in [0.5, 0.6) is 0 Å². The minimum atomic E-state index is -4.59. The average Bonchev–Trinajstić information content (AvgIpc) is 1.62. The number of nitrogens with one attached hydrogen (secondary N) is 10. The van der Waals surface area contributed by atoms with Gasteiger partial charge in [-0.25, -0.2) is 62.2 Å². The first kappa shape index (κ1) is 111. The number of nitrogens with zero attached hydrogens (tertiary/aromatic N) is 26. The lowest BCUT2D eigenvalue weighted by molar-refractivity contribution is -0.141.